The SMILES string of the molecule is [CH2]COc1ccc(CCCCC)cc1. The molecule has 14 heavy (non-hydrogen) atoms. The van der Waals surface area contributed by atoms with Crippen molar-refractivity contribution in [2.24, 2.45) is 0 Å². The zero-order valence-electron chi connectivity index (χ0n) is 8.96. The number of aryl methyl sites for hydroxylation is 1. The molecule has 0 aliphatic heterocycles. The van der Waals surface area contributed by atoms with Gasteiger partial charge in [0.15, 0.2) is 0 Å². The van der Waals surface area contributed by atoms with Gasteiger partial charge >= 0.3 is 0 Å². The third-order valence-corrected chi connectivity index (χ3v) is 2.26. The molecule has 0 aliphatic rings. The van der Waals surface area contributed by atoms with Crippen LogP contribution >= 0.6 is 0 Å². The van der Waals surface area contributed by atoms with E-state index in [2.05, 4.69) is 26.0 Å². The van der Waals surface area contributed by atoms with Gasteiger partial charge in [-0.25, -0.2) is 0 Å². The molecular weight excluding hydrogens is 172 g/mol. The molecule has 77 valence electrons. The van der Waals surface area contributed by atoms with Crippen LogP contribution in [-0.4, -0.2) is 6.61 Å². The van der Waals surface area contributed by atoms with Crippen LogP contribution < -0.4 is 4.74 Å². The molecule has 1 nitrogen and oxygen atoms in total. The van der Waals surface area contributed by atoms with Crippen LogP contribution in [-0.2, 0) is 6.42 Å². The summed E-state index contributed by atoms with van der Waals surface area (Å²) >= 11 is 0. The molecule has 1 aromatic carbocycles. The van der Waals surface area contributed by atoms with Gasteiger partial charge in [-0.2, -0.15) is 0 Å². The maximum Gasteiger partial charge on any atom is 0.119 e. The van der Waals surface area contributed by atoms with Gasteiger partial charge < -0.3 is 4.74 Å². The van der Waals surface area contributed by atoms with Crippen molar-refractivity contribution < 1.29 is 4.74 Å². The van der Waals surface area contributed by atoms with E-state index in [9.17, 15) is 0 Å². The van der Waals surface area contributed by atoms with Crippen molar-refractivity contribution in [2.75, 3.05) is 6.61 Å². The van der Waals surface area contributed by atoms with Gasteiger partial charge in [0.25, 0.3) is 0 Å². The van der Waals surface area contributed by atoms with Crippen molar-refractivity contribution in [1.82, 2.24) is 0 Å². The van der Waals surface area contributed by atoms with E-state index in [0.29, 0.717) is 6.61 Å². The minimum atomic E-state index is 0.495. The highest BCUT2D eigenvalue weighted by Gasteiger charge is 1.94. The van der Waals surface area contributed by atoms with Crippen molar-refractivity contribution in [3.63, 3.8) is 0 Å². The first-order valence-corrected chi connectivity index (χ1v) is 5.37. The topological polar surface area (TPSA) is 9.23 Å². The average molecular weight is 191 g/mol. The first-order valence-electron chi connectivity index (χ1n) is 5.37. The lowest BCUT2D eigenvalue weighted by Gasteiger charge is -2.04. The Balaban J connectivity index is 2.38. The van der Waals surface area contributed by atoms with E-state index in [1.807, 2.05) is 12.1 Å². The summed E-state index contributed by atoms with van der Waals surface area (Å²) in [6.45, 7) is 6.36. The average Bonchev–Trinajstić information content (AvgIpc) is 2.21. The van der Waals surface area contributed by atoms with E-state index in [4.69, 9.17) is 4.74 Å². The van der Waals surface area contributed by atoms with Gasteiger partial charge in [0.05, 0.1) is 6.61 Å². The van der Waals surface area contributed by atoms with Crippen LogP contribution in [0.25, 0.3) is 0 Å². The van der Waals surface area contributed by atoms with Crippen molar-refractivity contribution in [1.29, 1.82) is 0 Å². The third-order valence-electron chi connectivity index (χ3n) is 2.26. The summed E-state index contributed by atoms with van der Waals surface area (Å²) in [5, 5.41) is 0. The lowest BCUT2D eigenvalue weighted by atomic mass is 10.1. The molecule has 0 amide bonds. The molecule has 1 aromatic rings. The zero-order valence-corrected chi connectivity index (χ0v) is 8.96. The number of unbranched alkanes of at least 4 members (excludes halogenated alkanes) is 2. The predicted octanol–water partition coefficient (Wildman–Crippen LogP) is 3.63. The second kappa shape index (κ2) is 6.47. The number of hydrogen-bond donors (Lipinski definition) is 0. The lowest BCUT2D eigenvalue weighted by molar-refractivity contribution is 0.361. The van der Waals surface area contributed by atoms with Crippen molar-refractivity contribution in [3.05, 3.63) is 36.8 Å². The molecule has 0 heterocycles. The molecule has 1 radical (unpaired) electrons. The van der Waals surface area contributed by atoms with E-state index in [0.717, 1.165) is 5.75 Å². The Hall–Kier alpha value is -0.980. The van der Waals surface area contributed by atoms with Gasteiger partial charge in [0, 0.05) is 0 Å². The minimum Gasteiger partial charge on any atom is -0.494 e. The molecule has 0 unspecified atom stereocenters. The molecule has 0 aromatic heterocycles. The lowest BCUT2D eigenvalue weighted by Crippen LogP contribution is -1.92. The van der Waals surface area contributed by atoms with Crippen LogP contribution in [0.1, 0.15) is 31.7 Å². The molecular formula is C13H19O. The normalized spacial score (nSPS) is 10.1. The summed E-state index contributed by atoms with van der Waals surface area (Å²) in [7, 11) is 0. The molecule has 0 spiro atoms. The van der Waals surface area contributed by atoms with Crippen LogP contribution in [0.15, 0.2) is 24.3 Å². The number of ether oxygens (including phenoxy) is 1. The molecule has 0 fully saturated rings. The maximum absolute atomic E-state index is 5.28. The van der Waals surface area contributed by atoms with Crippen LogP contribution in [0.4, 0.5) is 0 Å². The predicted molar refractivity (Wildman–Crippen MR) is 60.5 cm³/mol. The Labute approximate surface area is 87.1 Å². The van der Waals surface area contributed by atoms with Gasteiger partial charge in [-0.05, 0) is 37.5 Å². The smallest absolute Gasteiger partial charge is 0.119 e. The summed E-state index contributed by atoms with van der Waals surface area (Å²) in [4.78, 5) is 0. The van der Waals surface area contributed by atoms with E-state index in [1.54, 1.807) is 0 Å². The van der Waals surface area contributed by atoms with Gasteiger partial charge in [0.2, 0.25) is 0 Å². The molecule has 0 bridgehead atoms. The van der Waals surface area contributed by atoms with Crippen LogP contribution in [0.5, 0.6) is 5.75 Å². The number of rotatable bonds is 6. The molecule has 1 rings (SSSR count). The molecule has 0 aliphatic carbocycles. The third kappa shape index (κ3) is 3.82. The van der Waals surface area contributed by atoms with E-state index >= 15 is 0 Å². The molecule has 0 saturated carbocycles. The second-order valence-corrected chi connectivity index (χ2v) is 3.45. The fourth-order valence-corrected chi connectivity index (χ4v) is 1.45. The van der Waals surface area contributed by atoms with E-state index in [-0.39, 0.29) is 0 Å². The van der Waals surface area contributed by atoms with Crippen molar-refractivity contribution in [2.45, 2.75) is 32.6 Å². The number of hydrogen-bond acceptors (Lipinski definition) is 1. The van der Waals surface area contributed by atoms with Crippen molar-refractivity contribution in [3.8, 4) is 5.75 Å². The monoisotopic (exact) mass is 191 g/mol. The van der Waals surface area contributed by atoms with Gasteiger partial charge in [-0.3, -0.25) is 0 Å². The van der Waals surface area contributed by atoms with Crippen LogP contribution in [0.3, 0.4) is 0 Å². The summed E-state index contributed by atoms with van der Waals surface area (Å²) in [6, 6.07) is 8.32. The van der Waals surface area contributed by atoms with Crippen LogP contribution in [0, 0.1) is 6.92 Å². The standard InChI is InChI=1S/C13H19O/c1-3-5-6-7-12-8-10-13(11-9-12)14-4-2/h8-11H,2-7H2,1H3. The summed E-state index contributed by atoms with van der Waals surface area (Å²) in [5.74, 6) is 0.916. The number of benzene rings is 1. The Morgan fingerprint density at radius 3 is 2.43 bits per heavy atom. The largest absolute Gasteiger partial charge is 0.494 e. The Morgan fingerprint density at radius 2 is 1.86 bits per heavy atom. The minimum absolute atomic E-state index is 0.495. The highest BCUT2D eigenvalue weighted by molar-refractivity contribution is 5.27. The zero-order chi connectivity index (χ0) is 10.2. The summed E-state index contributed by atoms with van der Waals surface area (Å²) in [6.07, 6.45) is 5.06. The quantitative estimate of drug-likeness (QED) is 0.624. The fourth-order valence-electron chi connectivity index (χ4n) is 1.45. The molecule has 1 heteroatoms. The summed E-state index contributed by atoms with van der Waals surface area (Å²) in [5.41, 5.74) is 1.40. The van der Waals surface area contributed by atoms with E-state index in [1.165, 1.54) is 31.2 Å². The van der Waals surface area contributed by atoms with Crippen molar-refractivity contribution >= 4 is 0 Å². The molecule has 0 saturated heterocycles. The highest BCUT2D eigenvalue weighted by atomic mass is 16.5. The van der Waals surface area contributed by atoms with Gasteiger partial charge in [-0.1, -0.05) is 31.9 Å². The van der Waals surface area contributed by atoms with Gasteiger partial charge in [-0.15, -0.1) is 0 Å². The second-order valence-electron chi connectivity index (χ2n) is 3.45. The Kier molecular flexibility index (Phi) is 5.13. The first-order chi connectivity index (χ1) is 6.86. The van der Waals surface area contributed by atoms with Crippen LogP contribution in [0.2, 0.25) is 0 Å². The summed E-state index contributed by atoms with van der Waals surface area (Å²) < 4.78 is 5.28. The first kappa shape index (κ1) is 11.1. The Morgan fingerprint density at radius 1 is 1.14 bits per heavy atom. The molecule has 0 N–H and O–H groups in total. The Bertz CT molecular complexity index is 238. The van der Waals surface area contributed by atoms with E-state index < -0.39 is 0 Å². The van der Waals surface area contributed by atoms with Gasteiger partial charge in [0.1, 0.15) is 5.75 Å². The maximum atomic E-state index is 5.28. The molecule has 0 atom stereocenters. The highest BCUT2D eigenvalue weighted by Crippen LogP contribution is 2.13. The fraction of sp³-hybridized carbons (Fsp3) is 0.462.